The largest absolute Gasteiger partial charge is 0.396 e. The lowest BCUT2D eigenvalue weighted by atomic mass is 9.85. The molecule has 2 aromatic carbocycles. The van der Waals surface area contributed by atoms with E-state index >= 15 is 0 Å². The maximum atomic E-state index is 9.71. The minimum Gasteiger partial charge on any atom is -0.396 e. The quantitative estimate of drug-likeness (QED) is 0.941. The molecule has 0 amide bonds. The Bertz CT molecular complexity index is 642. The highest BCUT2D eigenvalue weighted by atomic mass is 16.5. The van der Waals surface area contributed by atoms with Crippen LogP contribution in [0.3, 0.4) is 0 Å². The van der Waals surface area contributed by atoms with E-state index < -0.39 is 0 Å². The topological polar surface area (TPSA) is 32.7 Å². The molecule has 22 heavy (non-hydrogen) atoms. The van der Waals surface area contributed by atoms with Gasteiger partial charge in [0.1, 0.15) is 0 Å². The summed E-state index contributed by atoms with van der Waals surface area (Å²) in [6, 6.07) is 17.5. The van der Waals surface area contributed by atoms with Gasteiger partial charge in [0, 0.05) is 6.54 Å². The van der Waals surface area contributed by atoms with Gasteiger partial charge in [0.15, 0.2) is 0 Å². The van der Waals surface area contributed by atoms with E-state index in [-0.39, 0.29) is 18.1 Å². The Labute approximate surface area is 131 Å². The predicted octanol–water partition coefficient (Wildman–Crippen LogP) is 2.70. The summed E-state index contributed by atoms with van der Waals surface area (Å²) < 4.78 is 5.34. The molecule has 1 N–H and O–H groups in total. The minimum absolute atomic E-state index is 0.0960. The van der Waals surface area contributed by atoms with E-state index in [1.807, 2.05) is 0 Å². The van der Waals surface area contributed by atoms with Crippen molar-refractivity contribution >= 4 is 0 Å². The van der Waals surface area contributed by atoms with Gasteiger partial charge in [-0.2, -0.15) is 0 Å². The van der Waals surface area contributed by atoms with Gasteiger partial charge in [0.2, 0.25) is 0 Å². The number of hydrogen-bond donors (Lipinski definition) is 1. The molecule has 2 aliphatic rings. The molecule has 114 valence electrons. The molecule has 4 rings (SSSR count). The molecule has 0 unspecified atom stereocenters. The fourth-order valence-corrected chi connectivity index (χ4v) is 3.85. The number of hydrogen-bond acceptors (Lipinski definition) is 3. The summed E-state index contributed by atoms with van der Waals surface area (Å²) in [6.45, 7) is 2.35. The van der Waals surface area contributed by atoms with Gasteiger partial charge in [-0.3, -0.25) is 4.90 Å². The Hall–Kier alpha value is -1.68. The van der Waals surface area contributed by atoms with E-state index in [1.165, 1.54) is 22.3 Å². The minimum atomic E-state index is -0.0960. The molecule has 1 heterocycles. The van der Waals surface area contributed by atoms with Crippen molar-refractivity contribution in [1.29, 1.82) is 0 Å². The highest BCUT2D eigenvalue weighted by Gasteiger charge is 2.41. The van der Waals surface area contributed by atoms with Gasteiger partial charge in [-0.25, -0.2) is 0 Å². The number of ether oxygens (including phenoxy) is 1. The second-order valence-corrected chi connectivity index (χ2v) is 6.64. The summed E-state index contributed by atoms with van der Waals surface area (Å²) in [5.74, 6) is 0. The maximum absolute atomic E-state index is 9.71. The van der Waals surface area contributed by atoms with Crippen LogP contribution in [0.15, 0.2) is 48.5 Å². The van der Waals surface area contributed by atoms with Crippen LogP contribution in [-0.2, 0) is 4.74 Å². The number of fused-ring (bicyclic) bond motifs is 3. The Morgan fingerprint density at radius 1 is 1.05 bits per heavy atom. The van der Waals surface area contributed by atoms with Gasteiger partial charge in [-0.15, -0.1) is 0 Å². The third kappa shape index (κ3) is 2.01. The van der Waals surface area contributed by atoms with Gasteiger partial charge in [0.25, 0.3) is 0 Å². The molecule has 0 bridgehead atoms. The zero-order valence-corrected chi connectivity index (χ0v) is 12.8. The van der Waals surface area contributed by atoms with E-state index in [1.54, 1.807) is 0 Å². The summed E-state index contributed by atoms with van der Waals surface area (Å²) in [5, 5.41) is 9.71. The van der Waals surface area contributed by atoms with E-state index in [2.05, 4.69) is 60.5 Å². The number of aliphatic hydroxyl groups is 1. The monoisotopic (exact) mass is 295 g/mol. The van der Waals surface area contributed by atoms with Crippen LogP contribution in [0.1, 0.15) is 17.2 Å². The standard InChI is InChI=1S/C19H21NO2/c1-20(10-19(11-21)12-22-13-19)18-16-8-4-2-6-14(16)15-7-3-5-9-17(15)18/h2-9,18,21H,10-13H2,1H3. The molecule has 3 heteroatoms. The summed E-state index contributed by atoms with van der Waals surface area (Å²) in [7, 11) is 2.15. The second kappa shape index (κ2) is 5.20. The van der Waals surface area contributed by atoms with Crippen LogP contribution in [0.2, 0.25) is 0 Å². The first kappa shape index (κ1) is 13.9. The highest BCUT2D eigenvalue weighted by Crippen LogP contribution is 2.46. The lowest BCUT2D eigenvalue weighted by molar-refractivity contribution is -0.148. The van der Waals surface area contributed by atoms with Crippen LogP contribution in [-0.4, -0.2) is 43.4 Å². The normalized spacial score (nSPS) is 18.9. The Morgan fingerprint density at radius 2 is 1.59 bits per heavy atom. The summed E-state index contributed by atoms with van der Waals surface area (Å²) in [5.41, 5.74) is 5.29. The highest BCUT2D eigenvalue weighted by molar-refractivity contribution is 5.78. The smallest absolute Gasteiger partial charge is 0.0611 e. The Morgan fingerprint density at radius 3 is 2.05 bits per heavy atom. The number of benzene rings is 2. The third-order valence-electron chi connectivity index (χ3n) is 4.98. The molecule has 2 aromatic rings. The van der Waals surface area contributed by atoms with Gasteiger partial charge >= 0.3 is 0 Å². The van der Waals surface area contributed by atoms with Gasteiger partial charge < -0.3 is 9.84 Å². The Balaban J connectivity index is 1.72. The first-order valence-electron chi connectivity index (χ1n) is 7.81. The van der Waals surface area contributed by atoms with Crippen molar-refractivity contribution in [1.82, 2.24) is 4.90 Å². The molecular weight excluding hydrogens is 274 g/mol. The number of rotatable bonds is 4. The average Bonchev–Trinajstić information content (AvgIpc) is 2.85. The molecule has 1 aliphatic carbocycles. The molecule has 3 nitrogen and oxygen atoms in total. The van der Waals surface area contributed by atoms with Gasteiger partial charge in [0.05, 0.1) is 31.3 Å². The molecular formula is C19H21NO2. The maximum Gasteiger partial charge on any atom is 0.0611 e. The summed E-state index contributed by atoms with van der Waals surface area (Å²) in [6.07, 6.45) is 0. The first-order chi connectivity index (χ1) is 10.7. The molecule has 0 atom stereocenters. The summed E-state index contributed by atoms with van der Waals surface area (Å²) >= 11 is 0. The van der Waals surface area contributed by atoms with Crippen LogP contribution in [0.25, 0.3) is 11.1 Å². The molecule has 1 fully saturated rings. The molecule has 0 radical (unpaired) electrons. The molecule has 1 saturated heterocycles. The van der Waals surface area contributed by atoms with Crippen LogP contribution < -0.4 is 0 Å². The average molecular weight is 295 g/mol. The van der Waals surface area contributed by atoms with Crippen molar-refractivity contribution in [3.63, 3.8) is 0 Å². The van der Waals surface area contributed by atoms with Crippen LogP contribution in [0, 0.1) is 5.41 Å². The van der Waals surface area contributed by atoms with E-state index in [9.17, 15) is 5.11 Å². The van der Waals surface area contributed by atoms with Gasteiger partial charge in [-0.05, 0) is 29.3 Å². The second-order valence-electron chi connectivity index (χ2n) is 6.64. The molecule has 1 aliphatic heterocycles. The molecule has 0 saturated carbocycles. The van der Waals surface area contributed by atoms with E-state index in [0.29, 0.717) is 13.2 Å². The van der Waals surface area contributed by atoms with Crippen molar-refractivity contribution < 1.29 is 9.84 Å². The fraction of sp³-hybridized carbons (Fsp3) is 0.368. The van der Waals surface area contributed by atoms with Crippen molar-refractivity contribution in [2.45, 2.75) is 6.04 Å². The van der Waals surface area contributed by atoms with Crippen molar-refractivity contribution in [2.75, 3.05) is 33.4 Å². The fourth-order valence-electron chi connectivity index (χ4n) is 3.85. The van der Waals surface area contributed by atoms with Crippen molar-refractivity contribution in [2.24, 2.45) is 5.41 Å². The Kier molecular flexibility index (Phi) is 3.30. The zero-order chi connectivity index (χ0) is 15.2. The van der Waals surface area contributed by atoms with E-state index in [0.717, 1.165) is 6.54 Å². The van der Waals surface area contributed by atoms with E-state index in [4.69, 9.17) is 4.74 Å². The number of nitrogens with zero attached hydrogens (tertiary/aromatic N) is 1. The molecule has 0 spiro atoms. The lowest BCUT2D eigenvalue weighted by Crippen LogP contribution is -2.53. The summed E-state index contributed by atoms with van der Waals surface area (Å²) in [4.78, 5) is 2.36. The lowest BCUT2D eigenvalue weighted by Gasteiger charge is -2.44. The predicted molar refractivity (Wildman–Crippen MR) is 86.7 cm³/mol. The molecule has 0 aromatic heterocycles. The first-order valence-corrected chi connectivity index (χ1v) is 7.81. The van der Waals surface area contributed by atoms with Crippen molar-refractivity contribution in [3.05, 3.63) is 59.7 Å². The SMILES string of the molecule is CN(CC1(CO)COC1)C1c2ccccc2-c2ccccc21. The zero-order valence-electron chi connectivity index (χ0n) is 12.8. The van der Waals surface area contributed by atoms with Crippen LogP contribution in [0.4, 0.5) is 0 Å². The number of aliphatic hydroxyl groups excluding tert-OH is 1. The van der Waals surface area contributed by atoms with Gasteiger partial charge in [-0.1, -0.05) is 48.5 Å². The van der Waals surface area contributed by atoms with Crippen LogP contribution in [0.5, 0.6) is 0 Å². The third-order valence-corrected chi connectivity index (χ3v) is 4.98. The van der Waals surface area contributed by atoms with Crippen molar-refractivity contribution in [3.8, 4) is 11.1 Å². The van der Waals surface area contributed by atoms with Crippen LogP contribution >= 0.6 is 0 Å².